The molecule has 31 heavy (non-hydrogen) atoms. The summed E-state index contributed by atoms with van der Waals surface area (Å²) in [6.07, 6.45) is 4.57. The van der Waals surface area contributed by atoms with Crippen LogP contribution < -0.4 is 10.1 Å². The molecule has 1 unspecified atom stereocenters. The van der Waals surface area contributed by atoms with Crippen LogP contribution in [0.1, 0.15) is 74.9 Å². The molecule has 1 N–H and O–H groups in total. The summed E-state index contributed by atoms with van der Waals surface area (Å²) >= 11 is 0. The van der Waals surface area contributed by atoms with Crippen molar-refractivity contribution >= 4 is 11.6 Å². The molecule has 4 aliphatic rings. The molecular weight excluding hydrogens is 396 g/mol. The fourth-order valence-corrected chi connectivity index (χ4v) is 7.42. The van der Waals surface area contributed by atoms with Gasteiger partial charge < -0.3 is 14.8 Å². The van der Waals surface area contributed by atoms with E-state index in [0.717, 1.165) is 31.2 Å². The smallest absolute Gasteiger partial charge is 0.277 e. The highest BCUT2D eigenvalue weighted by molar-refractivity contribution is 6.00. The van der Waals surface area contributed by atoms with Crippen LogP contribution in [0.5, 0.6) is 5.75 Å². The van der Waals surface area contributed by atoms with Crippen LogP contribution in [-0.4, -0.2) is 29.6 Å². The monoisotopic (exact) mass is 428 g/mol. The van der Waals surface area contributed by atoms with Gasteiger partial charge in [0.25, 0.3) is 11.6 Å². The van der Waals surface area contributed by atoms with E-state index in [4.69, 9.17) is 9.47 Å². The average molecular weight is 429 g/mol. The Morgan fingerprint density at radius 2 is 1.97 bits per heavy atom. The third-order valence-electron chi connectivity index (χ3n) is 9.23. The predicted octanol–water partition coefficient (Wildman–Crippen LogP) is 4.40. The number of amides is 1. The highest BCUT2D eigenvalue weighted by Gasteiger charge is 2.68. The van der Waals surface area contributed by atoms with Gasteiger partial charge in [-0.05, 0) is 37.0 Å². The van der Waals surface area contributed by atoms with Crippen molar-refractivity contribution in [3.8, 4) is 5.75 Å². The summed E-state index contributed by atoms with van der Waals surface area (Å²) in [6.45, 7) is 9.51. The maximum atomic E-state index is 12.4. The van der Waals surface area contributed by atoms with E-state index in [1.807, 2.05) is 0 Å². The molecule has 1 spiro atoms. The Balaban J connectivity index is 1.77. The Hall–Kier alpha value is -2.15. The summed E-state index contributed by atoms with van der Waals surface area (Å²) < 4.78 is 13.0. The first kappa shape index (κ1) is 20.7. The number of nitrogens with zero attached hydrogens (tertiary/aromatic N) is 1. The second kappa shape index (κ2) is 6.44. The molecule has 0 saturated heterocycles. The standard InChI is InChI=1S/C24H32N2O5/c1-13-6-7-19-22(2,3)9-14(30-5)10-24(19)23(13,4)11-16-18(26(28)29)8-15-17(20(16)31-24)12-25-21(15)27/h8,13-14,19H,6-7,9-12H2,1-5H3,(H,25,27)/t13-,14?,19-,23+,24-/m0/s1. The van der Waals surface area contributed by atoms with Gasteiger partial charge in [-0.15, -0.1) is 0 Å². The maximum absolute atomic E-state index is 12.4. The molecule has 7 nitrogen and oxygen atoms in total. The first-order valence-electron chi connectivity index (χ1n) is 11.4. The van der Waals surface area contributed by atoms with Crippen LogP contribution in [0, 0.1) is 32.8 Å². The van der Waals surface area contributed by atoms with Crippen molar-refractivity contribution in [2.24, 2.45) is 22.7 Å². The van der Waals surface area contributed by atoms with Gasteiger partial charge in [-0.2, -0.15) is 0 Å². The first-order valence-corrected chi connectivity index (χ1v) is 11.4. The summed E-state index contributed by atoms with van der Waals surface area (Å²) in [7, 11) is 1.77. The van der Waals surface area contributed by atoms with Crippen molar-refractivity contribution < 1.29 is 19.2 Å². The van der Waals surface area contributed by atoms with E-state index >= 15 is 0 Å². The highest BCUT2D eigenvalue weighted by Crippen LogP contribution is 2.67. The zero-order valence-corrected chi connectivity index (χ0v) is 19.0. The van der Waals surface area contributed by atoms with Gasteiger partial charge in [-0.1, -0.05) is 27.7 Å². The molecule has 5 rings (SSSR count). The molecule has 2 aliphatic heterocycles. The molecule has 2 saturated carbocycles. The third-order valence-corrected chi connectivity index (χ3v) is 9.23. The number of carbonyl (C=O) groups excluding carboxylic acids is 1. The Labute approximate surface area is 183 Å². The zero-order chi connectivity index (χ0) is 22.3. The summed E-state index contributed by atoms with van der Waals surface area (Å²) in [5.74, 6) is 0.992. The minimum absolute atomic E-state index is 0.00885. The zero-order valence-electron chi connectivity index (χ0n) is 19.0. The van der Waals surface area contributed by atoms with Gasteiger partial charge in [-0.3, -0.25) is 14.9 Å². The van der Waals surface area contributed by atoms with Crippen molar-refractivity contribution in [3.05, 3.63) is 32.9 Å². The van der Waals surface area contributed by atoms with E-state index < -0.39 is 5.60 Å². The number of hydrogen-bond donors (Lipinski definition) is 1. The summed E-state index contributed by atoms with van der Waals surface area (Å²) in [5.41, 5.74) is 1.10. The molecule has 1 aromatic carbocycles. The topological polar surface area (TPSA) is 90.7 Å². The minimum Gasteiger partial charge on any atom is -0.485 e. The Morgan fingerprint density at radius 1 is 1.23 bits per heavy atom. The predicted molar refractivity (Wildman–Crippen MR) is 115 cm³/mol. The lowest BCUT2D eigenvalue weighted by Gasteiger charge is -2.67. The van der Waals surface area contributed by atoms with Gasteiger partial charge in [0.2, 0.25) is 0 Å². The van der Waals surface area contributed by atoms with Crippen molar-refractivity contribution in [1.82, 2.24) is 5.32 Å². The lowest BCUT2D eigenvalue weighted by atomic mass is 9.43. The summed E-state index contributed by atoms with van der Waals surface area (Å²) in [6, 6.07) is 1.45. The molecule has 168 valence electrons. The second-order valence-corrected chi connectivity index (χ2v) is 11.0. The Morgan fingerprint density at radius 3 is 2.65 bits per heavy atom. The van der Waals surface area contributed by atoms with E-state index in [2.05, 4.69) is 33.0 Å². The largest absolute Gasteiger partial charge is 0.485 e. The number of nitrogens with one attached hydrogen (secondary N) is 1. The van der Waals surface area contributed by atoms with Crippen molar-refractivity contribution in [1.29, 1.82) is 0 Å². The molecule has 2 heterocycles. The van der Waals surface area contributed by atoms with Crippen molar-refractivity contribution in [3.63, 3.8) is 0 Å². The van der Waals surface area contributed by atoms with Gasteiger partial charge in [0, 0.05) is 43.0 Å². The van der Waals surface area contributed by atoms with Gasteiger partial charge in [0.05, 0.1) is 22.2 Å². The quantitative estimate of drug-likeness (QED) is 0.557. The average Bonchev–Trinajstić information content (AvgIpc) is 3.07. The molecule has 1 amide bonds. The molecule has 7 heteroatoms. The molecule has 1 aromatic rings. The number of carbonyl (C=O) groups is 1. The number of benzene rings is 1. The number of methoxy groups -OCH3 is 1. The fraction of sp³-hybridized carbons (Fsp3) is 0.708. The van der Waals surface area contributed by atoms with Crippen LogP contribution >= 0.6 is 0 Å². The fourth-order valence-electron chi connectivity index (χ4n) is 7.42. The normalized spacial score (nSPS) is 37.6. The van der Waals surface area contributed by atoms with Gasteiger partial charge >= 0.3 is 0 Å². The third kappa shape index (κ3) is 2.58. The second-order valence-electron chi connectivity index (χ2n) is 11.0. The molecule has 2 fully saturated rings. The van der Waals surface area contributed by atoms with E-state index in [1.54, 1.807) is 7.11 Å². The van der Waals surface area contributed by atoms with Gasteiger partial charge in [0.15, 0.2) is 0 Å². The number of ether oxygens (including phenoxy) is 2. The lowest BCUT2D eigenvalue weighted by molar-refractivity contribution is -0.386. The summed E-state index contributed by atoms with van der Waals surface area (Å²) in [4.78, 5) is 24.0. The number of rotatable bonds is 2. The number of nitro benzene ring substituents is 1. The van der Waals surface area contributed by atoms with Crippen LogP contribution in [0.25, 0.3) is 0 Å². The first-order chi connectivity index (χ1) is 14.5. The van der Waals surface area contributed by atoms with Gasteiger partial charge in [-0.25, -0.2) is 0 Å². The van der Waals surface area contributed by atoms with Crippen LogP contribution in [0.4, 0.5) is 5.69 Å². The number of hydrogen-bond acceptors (Lipinski definition) is 5. The Kier molecular flexibility index (Phi) is 4.31. The molecule has 0 bridgehead atoms. The number of fused-ring (bicyclic) bond motifs is 3. The van der Waals surface area contributed by atoms with Crippen LogP contribution in [0.15, 0.2) is 6.07 Å². The molecular formula is C24H32N2O5. The summed E-state index contributed by atoms with van der Waals surface area (Å²) in [5, 5.41) is 14.8. The van der Waals surface area contributed by atoms with Crippen molar-refractivity contribution in [2.75, 3.05) is 7.11 Å². The SMILES string of the molecule is COC1CC(C)(C)[C@@H]2CC[C@H](C)[C@@]3(C)Cc4c([N+](=O)[O-])cc5c(c4O[C@@]23C1)CNC5=O. The maximum Gasteiger partial charge on any atom is 0.277 e. The van der Waals surface area contributed by atoms with Crippen molar-refractivity contribution in [2.45, 2.75) is 78.0 Å². The lowest BCUT2D eigenvalue weighted by Crippen LogP contribution is -2.70. The van der Waals surface area contributed by atoms with E-state index in [9.17, 15) is 14.9 Å². The highest BCUT2D eigenvalue weighted by atomic mass is 16.6. The van der Waals surface area contributed by atoms with E-state index in [-0.39, 0.29) is 33.5 Å². The van der Waals surface area contributed by atoms with E-state index in [1.165, 1.54) is 6.07 Å². The molecule has 0 aromatic heterocycles. The molecule has 0 radical (unpaired) electrons. The van der Waals surface area contributed by atoms with Crippen LogP contribution in [0.2, 0.25) is 0 Å². The number of nitro groups is 1. The molecule has 5 atom stereocenters. The van der Waals surface area contributed by atoms with Gasteiger partial charge in [0.1, 0.15) is 11.4 Å². The Bertz CT molecular complexity index is 989. The molecule has 2 aliphatic carbocycles. The minimum atomic E-state index is -0.477. The van der Waals surface area contributed by atoms with E-state index in [0.29, 0.717) is 41.7 Å². The van der Waals surface area contributed by atoms with Crippen LogP contribution in [-0.2, 0) is 17.7 Å². The van der Waals surface area contributed by atoms with Crippen LogP contribution in [0.3, 0.4) is 0 Å².